The molecule has 1 aromatic heterocycles. The fraction of sp³-hybridized carbons (Fsp3) is 0.312. The molecule has 0 aliphatic carbocycles. The molecule has 1 aliphatic rings. The van der Waals surface area contributed by atoms with Crippen LogP contribution in [-0.4, -0.2) is 62.3 Å². The first-order valence-corrected chi connectivity index (χ1v) is 8.08. The Bertz CT molecular complexity index is 671. The van der Waals surface area contributed by atoms with E-state index in [9.17, 15) is 4.79 Å². The van der Waals surface area contributed by atoms with Crippen molar-refractivity contribution in [3.05, 3.63) is 56.7 Å². The fourth-order valence-corrected chi connectivity index (χ4v) is 3.90. The van der Waals surface area contributed by atoms with Gasteiger partial charge in [0.2, 0.25) is 0 Å². The van der Waals surface area contributed by atoms with E-state index in [4.69, 9.17) is 16.3 Å². The molecule has 0 N–H and O–H groups in total. The molecule has 6 heteroatoms. The summed E-state index contributed by atoms with van der Waals surface area (Å²) in [7, 11) is 1.42. The Morgan fingerprint density at radius 1 is 1.41 bits per heavy atom. The summed E-state index contributed by atoms with van der Waals surface area (Å²) in [5.74, 6) is -0.262. The number of carbonyl (C=O) groups excluding carboxylic acids is 1. The van der Waals surface area contributed by atoms with E-state index in [0.29, 0.717) is 5.02 Å². The SMILES string of the molecule is COC(=O)C(c1ccccc1Cl)N1CCc2sccc2C1.[Ca+2].[H-].[H-]. The van der Waals surface area contributed by atoms with E-state index >= 15 is 0 Å². The number of methoxy groups -OCH3 is 1. The topological polar surface area (TPSA) is 29.5 Å². The monoisotopic (exact) mass is 363 g/mol. The van der Waals surface area contributed by atoms with Crippen LogP contribution < -0.4 is 0 Å². The minimum Gasteiger partial charge on any atom is -1.00 e. The van der Waals surface area contributed by atoms with Gasteiger partial charge in [-0.15, -0.1) is 11.3 Å². The number of rotatable bonds is 3. The first-order chi connectivity index (χ1) is 10.2. The van der Waals surface area contributed by atoms with Crippen LogP contribution in [0.5, 0.6) is 0 Å². The first kappa shape index (κ1) is 18.2. The maximum Gasteiger partial charge on any atom is 2.00 e. The number of fused-ring (bicyclic) bond motifs is 1. The Kier molecular flexibility index (Phi) is 6.74. The van der Waals surface area contributed by atoms with E-state index in [0.717, 1.165) is 25.1 Å². The summed E-state index contributed by atoms with van der Waals surface area (Å²) in [6.45, 7) is 1.59. The molecular formula is C16H18CaClNO2S. The Labute approximate surface area is 172 Å². The molecule has 22 heavy (non-hydrogen) atoms. The molecule has 0 fully saturated rings. The second-order valence-electron chi connectivity index (χ2n) is 5.04. The number of nitrogens with zero attached hydrogens (tertiary/aromatic N) is 1. The van der Waals surface area contributed by atoms with Gasteiger partial charge in [-0.25, -0.2) is 4.79 Å². The summed E-state index contributed by atoms with van der Waals surface area (Å²) in [6.07, 6.45) is 0.963. The zero-order chi connectivity index (χ0) is 14.8. The van der Waals surface area contributed by atoms with Crippen molar-refractivity contribution >= 4 is 66.6 Å². The third kappa shape index (κ3) is 3.69. The molecular weight excluding hydrogens is 346 g/mol. The van der Waals surface area contributed by atoms with Crippen LogP contribution in [0, 0.1) is 0 Å². The van der Waals surface area contributed by atoms with E-state index in [2.05, 4.69) is 16.3 Å². The van der Waals surface area contributed by atoms with Crippen molar-refractivity contribution in [3.8, 4) is 0 Å². The van der Waals surface area contributed by atoms with Crippen molar-refractivity contribution < 1.29 is 12.4 Å². The minimum atomic E-state index is -0.447. The van der Waals surface area contributed by atoms with Crippen LogP contribution in [0.15, 0.2) is 35.7 Å². The number of ether oxygens (including phenoxy) is 1. The number of hydrogen-bond donors (Lipinski definition) is 0. The molecule has 2 heterocycles. The molecule has 1 aliphatic heterocycles. The van der Waals surface area contributed by atoms with Crippen LogP contribution >= 0.6 is 22.9 Å². The Hall–Kier alpha value is -0.100. The van der Waals surface area contributed by atoms with Gasteiger partial charge in [0.05, 0.1) is 7.11 Å². The van der Waals surface area contributed by atoms with E-state index in [1.807, 2.05) is 24.3 Å². The van der Waals surface area contributed by atoms with Crippen molar-refractivity contribution in [3.63, 3.8) is 0 Å². The van der Waals surface area contributed by atoms with Crippen LogP contribution in [0.1, 0.15) is 24.9 Å². The third-order valence-electron chi connectivity index (χ3n) is 3.83. The van der Waals surface area contributed by atoms with Gasteiger partial charge < -0.3 is 7.59 Å². The molecule has 3 nitrogen and oxygen atoms in total. The summed E-state index contributed by atoms with van der Waals surface area (Å²) in [6, 6.07) is 9.16. The fourth-order valence-electron chi connectivity index (χ4n) is 2.77. The van der Waals surface area contributed by atoms with Crippen molar-refractivity contribution in [2.75, 3.05) is 13.7 Å². The summed E-state index contributed by atoms with van der Waals surface area (Å²) < 4.78 is 5.01. The van der Waals surface area contributed by atoms with E-state index in [1.165, 1.54) is 17.6 Å². The van der Waals surface area contributed by atoms with Crippen LogP contribution in [0.25, 0.3) is 0 Å². The van der Waals surface area contributed by atoms with Gasteiger partial charge >= 0.3 is 43.7 Å². The van der Waals surface area contributed by atoms with Gasteiger partial charge in [-0.1, -0.05) is 29.8 Å². The molecule has 1 aromatic carbocycles. The van der Waals surface area contributed by atoms with Gasteiger partial charge in [0.15, 0.2) is 0 Å². The summed E-state index contributed by atoms with van der Waals surface area (Å²) in [5.41, 5.74) is 2.11. The number of carbonyl (C=O) groups is 1. The molecule has 0 saturated carbocycles. The standard InChI is InChI=1S/C16H16ClNO2S.Ca.2H/c1-20-16(19)15(12-4-2-3-5-13(12)17)18-8-6-14-11(10-18)7-9-21-14;;;/h2-5,7,9,15H,6,8,10H2,1H3;;;/q;+2;2*-1. The maximum atomic E-state index is 12.3. The number of hydrogen-bond acceptors (Lipinski definition) is 4. The molecule has 0 radical (unpaired) electrons. The smallest absolute Gasteiger partial charge is 1.00 e. The average Bonchev–Trinajstić information content (AvgIpc) is 2.97. The van der Waals surface area contributed by atoms with Gasteiger partial charge in [0.1, 0.15) is 6.04 Å². The summed E-state index contributed by atoms with van der Waals surface area (Å²) in [5, 5.41) is 2.71. The Balaban J connectivity index is 0.00000176. The minimum absolute atomic E-state index is 0. The quantitative estimate of drug-likeness (QED) is 0.617. The molecule has 3 rings (SSSR count). The third-order valence-corrected chi connectivity index (χ3v) is 5.19. The van der Waals surface area contributed by atoms with Crippen LogP contribution in [0.4, 0.5) is 0 Å². The van der Waals surface area contributed by atoms with E-state index in [1.54, 1.807) is 11.3 Å². The van der Waals surface area contributed by atoms with Gasteiger partial charge in [0, 0.05) is 23.0 Å². The average molecular weight is 364 g/mol. The van der Waals surface area contributed by atoms with Crippen molar-refractivity contribution in [2.45, 2.75) is 19.0 Å². The van der Waals surface area contributed by atoms with Gasteiger partial charge in [-0.05, 0) is 35.1 Å². The Morgan fingerprint density at radius 3 is 2.91 bits per heavy atom. The maximum absolute atomic E-state index is 12.3. The normalized spacial score (nSPS) is 15.5. The molecule has 1 unspecified atom stereocenters. The summed E-state index contributed by atoms with van der Waals surface area (Å²) in [4.78, 5) is 15.8. The second-order valence-corrected chi connectivity index (χ2v) is 6.44. The van der Waals surface area contributed by atoms with Gasteiger partial charge in [-0.3, -0.25) is 4.90 Å². The molecule has 0 spiro atoms. The predicted octanol–water partition coefficient (Wildman–Crippen LogP) is 3.52. The summed E-state index contributed by atoms with van der Waals surface area (Å²) >= 11 is 8.07. The van der Waals surface area contributed by atoms with Crippen molar-refractivity contribution in [2.24, 2.45) is 0 Å². The molecule has 0 amide bonds. The van der Waals surface area contributed by atoms with E-state index < -0.39 is 6.04 Å². The van der Waals surface area contributed by atoms with E-state index in [-0.39, 0.29) is 46.6 Å². The Morgan fingerprint density at radius 2 is 2.18 bits per heavy atom. The largest absolute Gasteiger partial charge is 2.00 e. The number of esters is 1. The number of thiophene rings is 1. The van der Waals surface area contributed by atoms with Gasteiger partial charge in [-0.2, -0.15) is 0 Å². The van der Waals surface area contributed by atoms with Crippen molar-refractivity contribution in [1.82, 2.24) is 4.90 Å². The predicted molar refractivity (Wildman–Crippen MR) is 92.6 cm³/mol. The van der Waals surface area contributed by atoms with Crippen LogP contribution in [0.3, 0.4) is 0 Å². The number of benzene rings is 1. The number of halogens is 1. The van der Waals surface area contributed by atoms with Crippen molar-refractivity contribution in [1.29, 1.82) is 0 Å². The van der Waals surface area contributed by atoms with Gasteiger partial charge in [0.25, 0.3) is 0 Å². The molecule has 1 atom stereocenters. The molecule has 0 saturated heterocycles. The second kappa shape index (κ2) is 8.13. The molecule has 0 bridgehead atoms. The zero-order valence-electron chi connectivity index (χ0n) is 14.4. The van der Waals surface area contributed by atoms with Crippen LogP contribution in [-0.2, 0) is 22.5 Å². The molecule has 114 valence electrons. The van der Waals surface area contributed by atoms with Crippen LogP contribution in [0.2, 0.25) is 5.02 Å². The molecule has 2 aromatic rings. The zero-order valence-corrected chi connectivity index (χ0v) is 16.2. The first-order valence-electron chi connectivity index (χ1n) is 6.82.